The molecule has 2 aliphatic carbocycles. The number of ketones is 4. The summed E-state index contributed by atoms with van der Waals surface area (Å²) in [5, 5.41) is 0. The molecule has 36 heavy (non-hydrogen) atoms. The number of carbonyl (C=O) groups excluding carboxylic acids is 5. The van der Waals surface area contributed by atoms with E-state index in [2.05, 4.69) is 0 Å². The molecule has 0 unspecified atom stereocenters. The van der Waals surface area contributed by atoms with Crippen molar-refractivity contribution in [1.29, 1.82) is 0 Å². The van der Waals surface area contributed by atoms with Crippen molar-refractivity contribution >= 4 is 29.1 Å². The molecule has 2 aliphatic rings. The molecule has 1 aromatic rings. The van der Waals surface area contributed by atoms with Crippen LogP contribution in [0, 0.1) is 22.7 Å². The molecule has 0 bridgehead atoms. The van der Waals surface area contributed by atoms with Gasteiger partial charge in [0, 0.05) is 31.6 Å². The molecule has 0 atom stereocenters. The highest BCUT2D eigenvalue weighted by atomic mass is 16.6. The molecule has 196 valence electrons. The van der Waals surface area contributed by atoms with Gasteiger partial charge in [-0.3, -0.25) is 19.2 Å². The summed E-state index contributed by atoms with van der Waals surface area (Å²) in [4.78, 5) is 65.0. The first-order chi connectivity index (χ1) is 16.8. The largest absolute Gasteiger partial charge is 0.493 e. The summed E-state index contributed by atoms with van der Waals surface area (Å²) in [5.74, 6) is -4.15. The lowest BCUT2D eigenvalue weighted by molar-refractivity contribution is -0.147. The fourth-order valence-electron chi connectivity index (χ4n) is 5.54. The summed E-state index contributed by atoms with van der Waals surface area (Å²) in [5.41, 5.74) is -0.464. The van der Waals surface area contributed by atoms with E-state index in [1.165, 1.54) is 7.11 Å². The van der Waals surface area contributed by atoms with Crippen LogP contribution in [-0.2, 0) is 28.7 Å². The Labute approximate surface area is 212 Å². The molecule has 0 N–H and O–H groups in total. The Morgan fingerprint density at radius 3 is 1.75 bits per heavy atom. The highest BCUT2D eigenvalue weighted by Gasteiger charge is 2.52. The summed E-state index contributed by atoms with van der Waals surface area (Å²) >= 11 is 0. The van der Waals surface area contributed by atoms with Crippen LogP contribution >= 0.6 is 0 Å². The number of hydrogen-bond donors (Lipinski definition) is 0. The number of rotatable bonds is 8. The Kier molecular flexibility index (Phi) is 8.06. The van der Waals surface area contributed by atoms with Crippen LogP contribution in [0.1, 0.15) is 71.8 Å². The van der Waals surface area contributed by atoms with Crippen molar-refractivity contribution in [2.45, 2.75) is 66.2 Å². The van der Waals surface area contributed by atoms with Crippen molar-refractivity contribution in [3.63, 3.8) is 0 Å². The van der Waals surface area contributed by atoms with Gasteiger partial charge in [-0.2, -0.15) is 0 Å². The molecule has 0 spiro atoms. The fraction of sp³-hybridized carbons (Fsp3) is 0.607. The lowest BCUT2D eigenvalue weighted by Crippen LogP contribution is -2.48. The molecule has 8 heteroatoms. The van der Waals surface area contributed by atoms with E-state index in [1.54, 1.807) is 25.1 Å². The van der Waals surface area contributed by atoms with Gasteiger partial charge in [-0.25, -0.2) is 4.79 Å². The smallest absolute Gasteiger partial charge is 0.344 e. The maximum atomic E-state index is 13.3. The highest BCUT2D eigenvalue weighted by Crippen LogP contribution is 2.48. The predicted molar refractivity (Wildman–Crippen MR) is 131 cm³/mol. The zero-order valence-corrected chi connectivity index (χ0v) is 22.0. The lowest BCUT2D eigenvalue weighted by atomic mass is 9.59. The van der Waals surface area contributed by atoms with E-state index in [0.717, 1.165) is 0 Å². The van der Waals surface area contributed by atoms with Gasteiger partial charge < -0.3 is 14.2 Å². The van der Waals surface area contributed by atoms with Crippen molar-refractivity contribution in [2.75, 3.05) is 20.3 Å². The zero-order valence-electron chi connectivity index (χ0n) is 22.0. The average Bonchev–Trinajstić information content (AvgIpc) is 2.74. The van der Waals surface area contributed by atoms with E-state index in [-0.39, 0.29) is 73.5 Å². The maximum absolute atomic E-state index is 13.3. The van der Waals surface area contributed by atoms with E-state index in [1.807, 2.05) is 27.7 Å². The minimum Gasteiger partial charge on any atom is -0.493 e. The zero-order chi connectivity index (χ0) is 26.8. The molecule has 0 heterocycles. The highest BCUT2D eigenvalue weighted by molar-refractivity contribution is 6.11. The van der Waals surface area contributed by atoms with E-state index in [0.29, 0.717) is 5.56 Å². The van der Waals surface area contributed by atoms with Gasteiger partial charge in [-0.05, 0) is 35.4 Å². The van der Waals surface area contributed by atoms with Crippen molar-refractivity contribution in [1.82, 2.24) is 0 Å². The van der Waals surface area contributed by atoms with Crippen LogP contribution in [0.2, 0.25) is 0 Å². The van der Waals surface area contributed by atoms with Crippen LogP contribution in [0.15, 0.2) is 18.2 Å². The van der Waals surface area contributed by atoms with Crippen molar-refractivity contribution < 1.29 is 38.2 Å². The van der Waals surface area contributed by atoms with Gasteiger partial charge >= 0.3 is 5.97 Å². The molecule has 8 nitrogen and oxygen atoms in total. The second-order valence-corrected chi connectivity index (χ2v) is 11.4. The van der Waals surface area contributed by atoms with Crippen LogP contribution in [0.25, 0.3) is 0 Å². The van der Waals surface area contributed by atoms with Gasteiger partial charge in [0.25, 0.3) is 0 Å². The molecule has 1 aromatic carbocycles. The molecule has 0 saturated heterocycles. The third-order valence-electron chi connectivity index (χ3n) is 6.94. The van der Waals surface area contributed by atoms with E-state index >= 15 is 0 Å². The third kappa shape index (κ3) is 6.02. The second-order valence-electron chi connectivity index (χ2n) is 11.4. The molecule has 0 radical (unpaired) electrons. The normalized spacial score (nSPS) is 20.5. The molecule has 2 fully saturated rings. The predicted octanol–water partition coefficient (Wildman–Crippen LogP) is 3.87. The van der Waals surface area contributed by atoms with Crippen LogP contribution in [0.4, 0.5) is 0 Å². The van der Waals surface area contributed by atoms with Crippen molar-refractivity contribution in [3.8, 4) is 11.5 Å². The molecule has 2 saturated carbocycles. The molecule has 0 amide bonds. The first-order valence-electron chi connectivity index (χ1n) is 12.4. The molecule has 3 rings (SSSR count). The van der Waals surface area contributed by atoms with Crippen molar-refractivity contribution in [2.24, 2.45) is 22.7 Å². The van der Waals surface area contributed by atoms with Crippen LogP contribution in [0.3, 0.4) is 0 Å². The standard InChI is InChI=1S/C28H36O8/c1-7-35-23(33)15-36-21-9-8-16(10-22(21)34-6)24(25-17(29)11-27(2,3)12-18(25)30)26-19(31)13-28(4,5)14-20(26)32/h8-10,24-26H,7,11-15H2,1-6H3. The van der Waals surface area contributed by atoms with Gasteiger partial charge in [0.2, 0.25) is 0 Å². The first-order valence-corrected chi connectivity index (χ1v) is 12.4. The first kappa shape index (κ1) is 27.6. The van der Waals surface area contributed by atoms with Crippen LogP contribution in [0.5, 0.6) is 11.5 Å². The van der Waals surface area contributed by atoms with Gasteiger partial charge in [-0.15, -0.1) is 0 Å². The van der Waals surface area contributed by atoms with Gasteiger partial charge in [-0.1, -0.05) is 33.8 Å². The summed E-state index contributed by atoms with van der Waals surface area (Å²) in [6.45, 7) is 9.06. The molecular weight excluding hydrogens is 464 g/mol. The molecule has 0 aromatic heterocycles. The number of esters is 1. The van der Waals surface area contributed by atoms with Crippen LogP contribution in [-0.4, -0.2) is 49.4 Å². The number of Topliss-reactive ketones (excluding diaryl/α,β-unsaturated/α-hetero) is 4. The van der Waals surface area contributed by atoms with Gasteiger partial charge in [0.1, 0.15) is 23.1 Å². The number of hydrogen-bond acceptors (Lipinski definition) is 8. The van der Waals surface area contributed by atoms with Gasteiger partial charge in [0.05, 0.1) is 25.6 Å². The summed E-state index contributed by atoms with van der Waals surface area (Å²) in [7, 11) is 1.42. The monoisotopic (exact) mass is 500 g/mol. The Hall–Kier alpha value is -3.03. The quantitative estimate of drug-likeness (QED) is 0.390. The Balaban J connectivity index is 2.05. The number of methoxy groups -OCH3 is 1. The van der Waals surface area contributed by atoms with E-state index < -0.39 is 34.6 Å². The minimum atomic E-state index is -1.09. The number of benzene rings is 1. The number of carbonyl (C=O) groups is 5. The van der Waals surface area contributed by atoms with Gasteiger partial charge in [0.15, 0.2) is 18.1 Å². The Bertz CT molecular complexity index is 979. The van der Waals surface area contributed by atoms with Crippen molar-refractivity contribution in [3.05, 3.63) is 23.8 Å². The topological polar surface area (TPSA) is 113 Å². The molecular formula is C28H36O8. The van der Waals surface area contributed by atoms with Crippen LogP contribution < -0.4 is 9.47 Å². The molecule has 0 aliphatic heterocycles. The third-order valence-corrected chi connectivity index (χ3v) is 6.94. The average molecular weight is 501 g/mol. The lowest BCUT2D eigenvalue weighted by Gasteiger charge is -2.41. The summed E-state index contributed by atoms with van der Waals surface area (Å²) < 4.78 is 15.9. The SMILES string of the molecule is CCOC(=O)COc1ccc(C(C2C(=O)CC(C)(C)CC2=O)C2C(=O)CC(C)(C)CC2=O)cc1OC. The second kappa shape index (κ2) is 10.5. The van der Waals surface area contributed by atoms with E-state index in [9.17, 15) is 24.0 Å². The van der Waals surface area contributed by atoms with E-state index in [4.69, 9.17) is 14.2 Å². The Morgan fingerprint density at radius 1 is 0.861 bits per heavy atom. The maximum Gasteiger partial charge on any atom is 0.344 e. The summed E-state index contributed by atoms with van der Waals surface area (Å²) in [6.07, 6.45) is 0.771. The summed E-state index contributed by atoms with van der Waals surface area (Å²) in [6, 6.07) is 4.78. The Morgan fingerprint density at radius 2 is 1.33 bits per heavy atom. The fourth-order valence-corrected chi connectivity index (χ4v) is 5.54. The number of ether oxygens (including phenoxy) is 3. The minimum absolute atomic E-state index is 0.193.